The molecule has 1 heterocycles. The molecule has 0 saturated heterocycles. The van der Waals surface area contributed by atoms with E-state index in [1.165, 1.54) is 12.4 Å². The Morgan fingerprint density at radius 3 is 2.32 bits per heavy atom. The lowest BCUT2D eigenvalue weighted by atomic mass is 10.2. The smallest absolute Gasteiger partial charge is 0.419 e. The fourth-order valence-electron chi connectivity index (χ4n) is 1.24. The lowest BCUT2D eigenvalue weighted by Crippen LogP contribution is -2.08. The summed E-state index contributed by atoms with van der Waals surface area (Å²) in [4.78, 5) is 7.54. The molecule has 8 heteroatoms. The van der Waals surface area contributed by atoms with E-state index in [2.05, 4.69) is 9.97 Å². The van der Waals surface area contributed by atoms with Crippen LogP contribution in [-0.4, -0.2) is 9.97 Å². The Labute approximate surface area is 118 Å². The Morgan fingerprint density at radius 2 is 1.74 bits per heavy atom. The van der Waals surface area contributed by atoms with Gasteiger partial charge in [0, 0.05) is 16.0 Å². The molecule has 19 heavy (non-hydrogen) atoms. The molecule has 100 valence electrons. The maximum absolute atomic E-state index is 13.0. The highest BCUT2D eigenvalue weighted by molar-refractivity contribution is 14.1. The molecule has 0 fully saturated rings. The first-order valence-electron chi connectivity index (χ1n) is 4.88. The summed E-state index contributed by atoms with van der Waals surface area (Å²) in [6.07, 6.45) is -1.90. The number of aromatic nitrogens is 2. The van der Waals surface area contributed by atoms with Crippen LogP contribution in [0.3, 0.4) is 0 Å². The van der Waals surface area contributed by atoms with E-state index in [1.54, 1.807) is 0 Å². The molecule has 2 aromatic rings. The number of alkyl halides is 3. The second kappa shape index (κ2) is 5.27. The van der Waals surface area contributed by atoms with Gasteiger partial charge in [0.2, 0.25) is 0 Å². The molecule has 0 atom stereocenters. The van der Waals surface area contributed by atoms with Gasteiger partial charge < -0.3 is 4.74 Å². The van der Waals surface area contributed by atoms with Crippen LogP contribution < -0.4 is 4.74 Å². The molecular formula is C11H5F4IN2O. The molecule has 0 amide bonds. The van der Waals surface area contributed by atoms with E-state index in [-0.39, 0.29) is 11.8 Å². The number of halogens is 5. The normalized spacial score (nSPS) is 11.4. The van der Waals surface area contributed by atoms with Crippen LogP contribution in [0.4, 0.5) is 17.6 Å². The summed E-state index contributed by atoms with van der Waals surface area (Å²) in [6, 6.07) is 2.22. The topological polar surface area (TPSA) is 35.0 Å². The van der Waals surface area contributed by atoms with Crippen molar-refractivity contribution in [3.05, 3.63) is 45.5 Å². The minimum absolute atomic E-state index is 0.111. The van der Waals surface area contributed by atoms with Crippen LogP contribution in [0.5, 0.6) is 11.8 Å². The fourth-order valence-corrected chi connectivity index (χ4v) is 1.52. The predicted octanol–water partition coefficient (Wildman–Crippen LogP) is 4.03. The molecule has 0 aliphatic heterocycles. The summed E-state index contributed by atoms with van der Waals surface area (Å²) < 4.78 is 56.3. The molecule has 2 rings (SSSR count). The summed E-state index contributed by atoms with van der Waals surface area (Å²) in [5, 5.41) is 0. The highest BCUT2D eigenvalue weighted by atomic mass is 127. The molecule has 0 unspecified atom stereocenters. The largest absolute Gasteiger partial charge is 0.424 e. The highest BCUT2D eigenvalue weighted by Gasteiger charge is 2.34. The van der Waals surface area contributed by atoms with Gasteiger partial charge in [0.1, 0.15) is 11.6 Å². The third-order valence-corrected chi connectivity index (χ3v) is 2.61. The minimum Gasteiger partial charge on any atom is -0.424 e. The average molecular weight is 384 g/mol. The van der Waals surface area contributed by atoms with Crippen molar-refractivity contribution in [2.75, 3.05) is 0 Å². The minimum atomic E-state index is -4.78. The summed E-state index contributed by atoms with van der Waals surface area (Å²) >= 11 is 1.97. The van der Waals surface area contributed by atoms with Crippen LogP contribution in [0.15, 0.2) is 30.6 Å². The first kappa shape index (κ1) is 14.0. The Balaban J connectivity index is 2.29. The second-order valence-electron chi connectivity index (χ2n) is 3.43. The van der Waals surface area contributed by atoms with Crippen molar-refractivity contribution in [1.82, 2.24) is 9.97 Å². The maximum atomic E-state index is 13.0. The maximum Gasteiger partial charge on any atom is 0.419 e. The number of rotatable bonds is 2. The Hall–Kier alpha value is -1.45. The van der Waals surface area contributed by atoms with Crippen LogP contribution in [0, 0.1) is 9.39 Å². The molecule has 0 N–H and O–H groups in total. The van der Waals surface area contributed by atoms with Crippen molar-refractivity contribution >= 4 is 22.6 Å². The zero-order chi connectivity index (χ0) is 14.0. The number of ether oxygens (including phenoxy) is 1. The van der Waals surface area contributed by atoms with Gasteiger partial charge in [-0.25, -0.2) is 14.4 Å². The molecule has 0 radical (unpaired) electrons. The van der Waals surface area contributed by atoms with E-state index >= 15 is 0 Å². The van der Waals surface area contributed by atoms with Crippen molar-refractivity contribution in [2.24, 2.45) is 0 Å². The van der Waals surface area contributed by atoms with E-state index < -0.39 is 17.6 Å². The van der Waals surface area contributed by atoms with Crippen LogP contribution in [0.25, 0.3) is 0 Å². The predicted molar refractivity (Wildman–Crippen MR) is 66.2 cm³/mol. The SMILES string of the molecule is Fc1ccc(Oc2ncc(I)cn2)cc1C(F)(F)F. The first-order chi connectivity index (χ1) is 8.86. The summed E-state index contributed by atoms with van der Waals surface area (Å²) in [7, 11) is 0. The van der Waals surface area contributed by atoms with Gasteiger partial charge in [0.05, 0.1) is 5.56 Å². The van der Waals surface area contributed by atoms with Gasteiger partial charge in [0.25, 0.3) is 0 Å². The number of hydrogen-bond acceptors (Lipinski definition) is 3. The molecule has 0 spiro atoms. The Morgan fingerprint density at radius 1 is 1.11 bits per heavy atom. The standard InChI is InChI=1S/C11H5F4IN2O/c12-9-2-1-7(3-8(9)11(13,14)15)19-10-17-4-6(16)5-18-10/h1-5H. The molecule has 0 saturated carbocycles. The Kier molecular flexibility index (Phi) is 3.88. The van der Waals surface area contributed by atoms with Crippen LogP contribution in [0.2, 0.25) is 0 Å². The zero-order valence-electron chi connectivity index (χ0n) is 9.08. The second-order valence-corrected chi connectivity index (χ2v) is 4.67. The molecule has 1 aromatic carbocycles. The van der Waals surface area contributed by atoms with E-state index in [0.717, 1.165) is 9.64 Å². The van der Waals surface area contributed by atoms with E-state index in [0.29, 0.717) is 12.1 Å². The summed E-state index contributed by atoms with van der Waals surface area (Å²) in [5.74, 6) is -1.54. The van der Waals surface area contributed by atoms with Crippen molar-refractivity contribution in [3.63, 3.8) is 0 Å². The number of nitrogens with zero attached hydrogens (tertiary/aromatic N) is 2. The molecular weight excluding hydrogens is 379 g/mol. The summed E-state index contributed by atoms with van der Waals surface area (Å²) in [5.41, 5.74) is -1.39. The van der Waals surface area contributed by atoms with E-state index in [1.807, 2.05) is 22.6 Å². The van der Waals surface area contributed by atoms with Crippen molar-refractivity contribution in [2.45, 2.75) is 6.18 Å². The number of hydrogen-bond donors (Lipinski definition) is 0. The van der Waals surface area contributed by atoms with Gasteiger partial charge in [-0.05, 0) is 40.8 Å². The third-order valence-electron chi connectivity index (χ3n) is 2.05. The lowest BCUT2D eigenvalue weighted by molar-refractivity contribution is -0.140. The van der Waals surface area contributed by atoms with Gasteiger partial charge in [-0.15, -0.1) is 0 Å². The Bertz CT molecular complexity index is 586. The van der Waals surface area contributed by atoms with E-state index in [9.17, 15) is 17.6 Å². The summed E-state index contributed by atoms with van der Waals surface area (Å²) in [6.45, 7) is 0. The lowest BCUT2D eigenvalue weighted by Gasteiger charge is -2.10. The van der Waals surface area contributed by atoms with Crippen molar-refractivity contribution in [3.8, 4) is 11.8 Å². The van der Waals surface area contributed by atoms with Gasteiger partial charge in [-0.2, -0.15) is 13.2 Å². The van der Waals surface area contributed by atoms with Gasteiger partial charge in [-0.3, -0.25) is 0 Å². The molecule has 1 aromatic heterocycles. The number of benzene rings is 1. The first-order valence-corrected chi connectivity index (χ1v) is 5.96. The molecule has 3 nitrogen and oxygen atoms in total. The van der Waals surface area contributed by atoms with Crippen molar-refractivity contribution in [1.29, 1.82) is 0 Å². The van der Waals surface area contributed by atoms with Gasteiger partial charge in [0.15, 0.2) is 0 Å². The third kappa shape index (κ3) is 3.52. The quantitative estimate of drug-likeness (QED) is 0.580. The van der Waals surface area contributed by atoms with Gasteiger partial charge >= 0.3 is 12.2 Å². The highest BCUT2D eigenvalue weighted by Crippen LogP contribution is 2.34. The average Bonchev–Trinajstić information content (AvgIpc) is 2.33. The van der Waals surface area contributed by atoms with Crippen LogP contribution in [0.1, 0.15) is 5.56 Å². The monoisotopic (exact) mass is 384 g/mol. The van der Waals surface area contributed by atoms with Crippen LogP contribution in [-0.2, 0) is 6.18 Å². The van der Waals surface area contributed by atoms with Crippen molar-refractivity contribution < 1.29 is 22.3 Å². The molecule has 0 bridgehead atoms. The van der Waals surface area contributed by atoms with Gasteiger partial charge in [-0.1, -0.05) is 0 Å². The molecule has 0 aliphatic rings. The fraction of sp³-hybridized carbons (Fsp3) is 0.0909. The molecule has 0 aliphatic carbocycles. The zero-order valence-corrected chi connectivity index (χ0v) is 11.2. The van der Waals surface area contributed by atoms with E-state index in [4.69, 9.17) is 4.74 Å². The van der Waals surface area contributed by atoms with Crippen LogP contribution >= 0.6 is 22.6 Å².